The molecule has 96 valence electrons. The van der Waals surface area contributed by atoms with Crippen LogP contribution in [0.15, 0.2) is 23.1 Å². The van der Waals surface area contributed by atoms with Crippen LogP contribution in [0.5, 0.6) is 11.5 Å². The Bertz CT molecular complexity index is 472. The highest BCUT2D eigenvalue weighted by Gasteiger charge is 2.14. The topological polar surface area (TPSA) is 61.8 Å². The van der Waals surface area contributed by atoms with E-state index in [1.807, 2.05) is 0 Å². The van der Waals surface area contributed by atoms with Gasteiger partial charge in [-0.1, -0.05) is 0 Å². The molecule has 0 fully saturated rings. The van der Waals surface area contributed by atoms with Crippen LogP contribution in [0, 0.1) is 0 Å². The summed E-state index contributed by atoms with van der Waals surface area (Å²) < 4.78 is 37.5. The largest absolute Gasteiger partial charge is 0.493 e. The van der Waals surface area contributed by atoms with Crippen LogP contribution in [-0.4, -0.2) is 35.9 Å². The van der Waals surface area contributed by atoms with Crippen molar-refractivity contribution in [3.63, 3.8) is 0 Å². The second-order valence-electron chi connectivity index (χ2n) is 3.09. The van der Waals surface area contributed by atoms with Crippen molar-refractivity contribution < 1.29 is 22.6 Å². The molecule has 0 unspecified atom stereocenters. The number of benzene rings is 1. The lowest BCUT2D eigenvalue weighted by Gasteiger charge is -2.11. The van der Waals surface area contributed by atoms with Crippen molar-refractivity contribution in [1.82, 2.24) is 0 Å². The number of ether oxygens (including phenoxy) is 3. The van der Waals surface area contributed by atoms with Crippen LogP contribution >= 0.6 is 10.7 Å². The molecule has 5 nitrogen and oxygen atoms in total. The number of halogens is 1. The standard InChI is InChI=1S/C10H13ClO5S/c1-14-5-6-16-10-7-8(17(11,12)13)3-4-9(10)15-2/h3-4,7H,5-6H2,1-2H3. The van der Waals surface area contributed by atoms with Gasteiger partial charge in [0.15, 0.2) is 11.5 Å². The van der Waals surface area contributed by atoms with Gasteiger partial charge in [-0.25, -0.2) is 8.42 Å². The molecule has 0 atom stereocenters. The van der Waals surface area contributed by atoms with Crippen LogP contribution in [-0.2, 0) is 13.8 Å². The van der Waals surface area contributed by atoms with Gasteiger partial charge in [0.05, 0.1) is 18.6 Å². The van der Waals surface area contributed by atoms with E-state index in [0.717, 1.165) is 0 Å². The molecule has 0 N–H and O–H groups in total. The van der Waals surface area contributed by atoms with Crippen molar-refractivity contribution in [2.45, 2.75) is 4.90 Å². The minimum absolute atomic E-state index is 0.0348. The van der Waals surface area contributed by atoms with Crippen LogP contribution in [0.4, 0.5) is 0 Å². The third-order valence-electron chi connectivity index (χ3n) is 1.96. The average molecular weight is 281 g/mol. The highest BCUT2D eigenvalue weighted by atomic mass is 35.7. The Hall–Kier alpha value is -0.980. The zero-order chi connectivity index (χ0) is 12.9. The molecule has 0 aliphatic heterocycles. The van der Waals surface area contributed by atoms with Gasteiger partial charge < -0.3 is 14.2 Å². The Kier molecular flexibility index (Phi) is 5.04. The first-order chi connectivity index (χ1) is 7.99. The summed E-state index contributed by atoms with van der Waals surface area (Å²) in [4.78, 5) is -0.0348. The minimum Gasteiger partial charge on any atom is -0.493 e. The number of rotatable bonds is 6. The molecule has 0 radical (unpaired) electrons. The molecule has 0 bridgehead atoms. The molecule has 0 spiro atoms. The molecule has 0 aliphatic carbocycles. The first-order valence-corrected chi connectivity index (χ1v) is 7.04. The van der Waals surface area contributed by atoms with Crippen molar-refractivity contribution in [3.8, 4) is 11.5 Å². The summed E-state index contributed by atoms with van der Waals surface area (Å²) in [7, 11) is 4.47. The van der Waals surface area contributed by atoms with Gasteiger partial charge in [-0.3, -0.25) is 0 Å². The van der Waals surface area contributed by atoms with Crippen molar-refractivity contribution in [2.24, 2.45) is 0 Å². The van der Waals surface area contributed by atoms with E-state index in [-0.39, 0.29) is 4.90 Å². The lowest BCUT2D eigenvalue weighted by Crippen LogP contribution is -2.06. The fourth-order valence-corrected chi connectivity index (χ4v) is 1.92. The van der Waals surface area contributed by atoms with Crippen LogP contribution in [0.1, 0.15) is 0 Å². The Morgan fingerprint density at radius 1 is 1.18 bits per heavy atom. The van der Waals surface area contributed by atoms with Gasteiger partial charge in [0.2, 0.25) is 0 Å². The van der Waals surface area contributed by atoms with Crippen molar-refractivity contribution in [3.05, 3.63) is 18.2 Å². The molecule has 0 aromatic heterocycles. The van der Waals surface area contributed by atoms with Crippen LogP contribution in [0.25, 0.3) is 0 Å². The van der Waals surface area contributed by atoms with Crippen LogP contribution in [0.3, 0.4) is 0 Å². The predicted molar refractivity (Wildman–Crippen MR) is 63.4 cm³/mol. The molecular formula is C10H13ClO5S. The highest BCUT2D eigenvalue weighted by Crippen LogP contribution is 2.30. The van der Waals surface area contributed by atoms with Gasteiger partial charge in [-0.05, 0) is 12.1 Å². The smallest absolute Gasteiger partial charge is 0.261 e. The Balaban J connectivity index is 2.98. The summed E-state index contributed by atoms with van der Waals surface area (Å²) in [5, 5.41) is 0. The molecule has 0 amide bonds. The van der Waals surface area contributed by atoms with Crippen molar-refractivity contribution in [1.29, 1.82) is 0 Å². The van der Waals surface area contributed by atoms with E-state index in [2.05, 4.69) is 0 Å². The second kappa shape index (κ2) is 6.09. The van der Waals surface area contributed by atoms with Gasteiger partial charge in [-0.2, -0.15) is 0 Å². The molecule has 0 heterocycles. The monoisotopic (exact) mass is 280 g/mol. The first-order valence-electron chi connectivity index (χ1n) is 4.73. The Morgan fingerprint density at radius 3 is 2.41 bits per heavy atom. The van der Waals surface area contributed by atoms with Gasteiger partial charge in [-0.15, -0.1) is 0 Å². The summed E-state index contributed by atoms with van der Waals surface area (Å²) in [6.45, 7) is 0.680. The zero-order valence-electron chi connectivity index (χ0n) is 9.47. The quantitative estimate of drug-likeness (QED) is 0.586. The number of methoxy groups -OCH3 is 2. The second-order valence-corrected chi connectivity index (χ2v) is 5.66. The number of hydrogen-bond donors (Lipinski definition) is 0. The average Bonchev–Trinajstić information content (AvgIpc) is 2.28. The summed E-state index contributed by atoms with van der Waals surface area (Å²) in [5.41, 5.74) is 0. The first kappa shape index (κ1) is 14.1. The maximum absolute atomic E-state index is 11.2. The van der Waals surface area contributed by atoms with Gasteiger partial charge in [0, 0.05) is 23.9 Å². The Morgan fingerprint density at radius 2 is 1.88 bits per heavy atom. The molecular weight excluding hydrogens is 268 g/mol. The third-order valence-corrected chi connectivity index (χ3v) is 3.31. The van der Waals surface area contributed by atoms with Crippen LogP contribution < -0.4 is 9.47 Å². The highest BCUT2D eigenvalue weighted by molar-refractivity contribution is 8.13. The lowest BCUT2D eigenvalue weighted by molar-refractivity contribution is 0.144. The molecule has 1 rings (SSSR count). The van der Waals surface area contributed by atoms with E-state index < -0.39 is 9.05 Å². The maximum Gasteiger partial charge on any atom is 0.261 e. The third kappa shape index (κ3) is 4.07. The van der Waals surface area contributed by atoms with Crippen molar-refractivity contribution in [2.75, 3.05) is 27.4 Å². The van der Waals surface area contributed by atoms with E-state index in [1.165, 1.54) is 25.3 Å². The van der Waals surface area contributed by atoms with Gasteiger partial charge in [0.1, 0.15) is 6.61 Å². The minimum atomic E-state index is -3.78. The summed E-state index contributed by atoms with van der Waals surface area (Å²) in [6.07, 6.45) is 0. The van der Waals surface area contributed by atoms with Gasteiger partial charge >= 0.3 is 0 Å². The van der Waals surface area contributed by atoms with E-state index in [9.17, 15) is 8.42 Å². The van der Waals surface area contributed by atoms with E-state index >= 15 is 0 Å². The normalized spacial score (nSPS) is 11.2. The molecule has 1 aromatic carbocycles. The van der Waals surface area contributed by atoms with Crippen molar-refractivity contribution >= 4 is 19.7 Å². The fraction of sp³-hybridized carbons (Fsp3) is 0.400. The fourth-order valence-electron chi connectivity index (χ4n) is 1.16. The summed E-state index contributed by atoms with van der Waals surface area (Å²) >= 11 is 0. The molecule has 0 aliphatic rings. The molecule has 0 saturated carbocycles. The predicted octanol–water partition coefficient (Wildman–Crippen LogP) is 1.65. The summed E-state index contributed by atoms with van der Waals surface area (Å²) in [5.74, 6) is 0.747. The van der Waals surface area contributed by atoms with Crippen LogP contribution in [0.2, 0.25) is 0 Å². The molecule has 0 saturated heterocycles. The lowest BCUT2D eigenvalue weighted by atomic mass is 10.3. The molecule has 17 heavy (non-hydrogen) atoms. The molecule has 1 aromatic rings. The molecule has 7 heteroatoms. The zero-order valence-corrected chi connectivity index (χ0v) is 11.0. The number of hydrogen-bond acceptors (Lipinski definition) is 5. The van der Waals surface area contributed by atoms with E-state index in [0.29, 0.717) is 24.7 Å². The van der Waals surface area contributed by atoms with Gasteiger partial charge in [0.25, 0.3) is 9.05 Å². The Labute approximate surface area is 105 Å². The summed E-state index contributed by atoms with van der Waals surface area (Å²) in [6, 6.07) is 4.15. The maximum atomic E-state index is 11.2. The van der Waals surface area contributed by atoms with E-state index in [4.69, 9.17) is 24.9 Å². The van der Waals surface area contributed by atoms with E-state index in [1.54, 1.807) is 7.11 Å². The SMILES string of the molecule is COCCOc1cc(S(=O)(=O)Cl)ccc1OC.